The lowest BCUT2D eigenvalue weighted by molar-refractivity contribution is 0.0920. The number of carbonyl (C=O) groups is 1. The van der Waals surface area contributed by atoms with Gasteiger partial charge >= 0.3 is 6.09 Å². The van der Waals surface area contributed by atoms with Crippen molar-refractivity contribution in [3.8, 4) is 0 Å². The summed E-state index contributed by atoms with van der Waals surface area (Å²) in [5, 5.41) is 2.61. The summed E-state index contributed by atoms with van der Waals surface area (Å²) in [7, 11) is 0. The van der Waals surface area contributed by atoms with Crippen molar-refractivity contribution in [3.63, 3.8) is 0 Å². The summed E-state index contributed by atoms with van der Waals surface area (Å²) in [6.45, 7) is 2.92. The molecule has 1 rings (SSSR count). The SMILES string of the molecule is CCNOC(=O)NCc1ccccc1. The lowest BCUT2D eigenvalue weighted by Crippen LogP contribution is -2.29. The Labute approximate surface area is 83.2 Å². The van der Waals surface area contributed by atoms with Gasteiger partial charge in [-0.3, -0.25) is 0 Å². The number of nitrogens with one attached hydrogen (secondary N) is 2. The van der Waals surface area contributed by atoms with Crippen LogP contribution in [0.1, 0.15) is 12.5 Å². The molecule has 0 bridgehead atoms. The molecule has 0 aromatic heterocycles. The third-order valence-electron chi connectivity index (χ3n) is 1.59. The predicted octanol–water partition coefficient (Wildman–Crippen LogP) is 1.44. The fourth-order valence-corrected chi connectivity index (χ4v) is 0.944. The first-order chi connectivity index (χ1) is 6.83. The number of hydroxylamine groups is 1. The van der Waals surface area contributed by atoms with Gasteiger partial charge in [-0.2, -0.15) is 5.48 Å². The van der Waals surface area contributed by atoms with Crippen molar-refractivity contribution in [1.29, 1.82) is 0 Å². The monoisotopic (exact) mass is 194 g/mol. The Morgan fingerprint density at radius 3 is 2.71 bits per heavy atom. The highest BCUT2D eigenvalue weighted by Gasteiger charge is 1.99. The third kappa shape index (κ3) is 3.91. The fourth-order valence-electron chi connectivity index (χ4n) is 0.944. The standard InChI is InChI=1S/C10H14N2O2/c1-2-12-14-10(13)11-8-9-6-4-3-5-7-9/h3-7,12H,2,8H2,1H3,(H,11,13). The molecule has 0 aliphatic carbocycles. The molecule has 0 aliphatic rings. The molecule has 0 radical (unpaired) electrons. The van der Waals surface area contributed by atoms with Crippen LogP contribution in [0.3, 0.4) is 0 Å². The normalized spacial score (nSPS) is 9.50. The van der Waals surface area contributed by atoms with Crippen molar-refractivity contribution >= 4 is 6.09 Å². The summed E-state index contributed by atoms with van der Waals surface area (Å²) in [6, 6.07) is 9.65. The van der Waals surface area contributed by atoms with Crippen LogP contribution in [0.5, 0.6) is 0 Å². The average Bonchev–Trinajstić information content (AvgIpc) is 2.25. The summed E-state index contributed by atoms with van der Waals surface area (Å²) in [5.74, 6) is 0. The van der Waals surface area contributed by atoms with E-state index >= 15 is 0 Å². The number of hydrogen-bond acceptors (Lipinski definition) is 3. The summed E-state index contributed by atoms with van der Waals surface area (Å²) >= 11 is 0. The van der Waals surface area contributed by atoms with Crippen LogP contribution in [0.2, 0.25) is 0 Å². The first-order valence-corrected chi connectivity index (χ1v) is 4.54. The second kappa shape index (κ2) is 5.99. The molecule has 14 heavy (non-hydrogen) atoms. The Morgan fingerprint density at radius 1 is 1.36 bits per heavy atom. The Morgan fingerprint density at radius 2 is 2.07 bits per heavy atom. The Balaban J connectivity index is 2.24. The number of carbonyl (C=O) groups excluding carboxylic acids is 1. The lowest BCUT2D eigenvalue weighted by atomic mass is 10.2. The first kappa shape index (κ1) is 10.5. The fraction of sp³-hybridized carbons (Fsp3) is 0.300. The molecular formula is C10H14N2O2. The van der Waals surface area contributed by atoms with E-state index in [1.165, 1.54) is 0 Å². The highest BCUT2D eigenvalue weighted by atomic mass is 16.7. The predicted molar refractivity (Wildman–Crippen MR) is 53.4 cm³/mol. The van der Waals surface area contributed by atoms with E-state index in [-0.39, 0.29) is 0 Å². The second-order valence-electron chi connectivity index (χ2n) is 2.73. The maximum atomic E-state index is 11.0. The van der Waals surface area contributed by atoms with Crippen LogP contribution in [0.25, 0.3) is 0 Å². The zero-order chi connectivity index (χ0) is 10.2. The maximum absolute atomic E-state index is 11.0. The number of rotatable bonds is 4. The highest BCUT2D eigenvalue weighted by Crippen LogP contribution is 1.96. The smallest absolute Gasteiger partial charge is 0.354 e. The topological polar surface area (TPSA) is 50.4 Å². The molecular weight excluding hydrogens is 180 g/mol. The maximum Gasteiger partial charge on any atom is 0.426 e. The molecule has 1 amide bonds. The van der Waals surface area contributed by atoms with Gasteiger partial charge in [0.25, 0.3) is 0 Å². The Kier molecular flexibility index (Phi) is 4.50. The molecule has 0 unspecified atom stereocenters. The van der Waals surface area contributed by atoms with E-state index in [0.717, 1.165) is 5.56 Å². The van der Waals surface area contributed by atoms with Gasteiger partial charge in [0, 0.05) is 13.1 Å². The van der Waals surface area contributed by atoms with Crippen LogP contribution in [-0.2, 0) is 11.4 Å². The van der Waals surface area contributed by atoms with E-state index in [9.17, 15) is 4.79 Å². The van der Waals surface area contributed by atoms with Crippen molar-refractivity contribution in [2.45, 2.75) is 13.5 Å². The molecule has 0 fully saturated rings. The zero-order valence-electron chi connectivity index (χ0n) is 8.12. The number of amides is 1. The molecule has 76 valence electrons. The first-order valence-electron chi connectivity index (χ1n) is 4.54. The van der Waals surface area contributed by atoms with Gasteiger partial charge in [0.1, 0.15) is 0 Å². The van der Waals surface area contributed by atoms with E-state index in [1.807, 2.05) is 37.3 Å². The van der Waals surface area contributed by atoms with Crippen molar-refractivity contribution in [1.82, 2.24) is 10.8 Å². The van der Waals surface area contributed by atoms with Gasteiger partial charge in [-0.05, 0) is 12.5 Å². The van der Waals surface area contributed by atoms with Crippen molar-refractivity contribution < 1.29 is 9.63 Å². The molecule has 1 aromatic rings. The Bertz CT molecular complexity index is 275. The molecule has 4 heteroatoms. The lowest BCUT2D eigenvalue weighted by Gasteiger charge is -2.05. The van der Waals surface area contributed by atoms with Crippen LogP contribution in [0.4, 0.5) is 4.79 Å². The van der Waals surface area contributed by atoms with E-state index in [2.05, 4.69) is 15.6 Å². The number of benzene rings is 1. The Hall–Kier alpha value is -1.55. The quantitative estimate of drug-likeness (QED) is 0.713. The molecule has 0 saturated carbocycles. The minimum Gasteiger partial charge on any atom is -0.354 e. The van der Waals surface area contributed by atoms with E-state index in [4.69, 9.17) is 0 Å². The third-order valence-corrected chi connectivity index (χ3v) is 1.59. The van der Waals surface area contributed by atoms with Gasteiger partial charge in [-0.1, -0.05) is 30.3 Å². The number of hydrogen-bond donors (Lipinski definition) is 2. The van der Waals surface area contributed by atoms with Crippen LogP contribution >= 0.6 is 0 Å². The summed E-state index contributed by atoms with van der Waals surface area (Å²) < 4.78 is 0. The summed E-state index contributed by atoms with van der Waals surface area (Å²) in [5.41, 5.74) is 3.51. The van der Waals surface area contributed by atoms with Gasteiger partial charge < -0.3 is 10.2 Å². The zero-order valence-corrected chi connectivity index (χ0v) is 8.12. The minimum absolute atomic E-state index is 0.462. The van der Waals surface area contributed by atoms with Crippen LogP contribution < -0.4 is 10.8 Å². The molecule has 0 atom stereocenters. The molecule has 0 saturated heterocycles. The van der Waals surface area contributed by atoms with Gasteiger partial charge in [0.15, 0.2) is 0 Å². The molecule has 2 N–H and O–H groups in total. The molecule has 4 nitrogen and oxygen atoms in total. The van der Waals surface area contributed by atoms with Crippen LogP contribution in [-0.4, -0.2) is 12.6 Å². The van der Waals surface area contributed by atoms with Crippen LogP contribution in [0.15, 0.2) is 30.3 Å². The summed E-state index contributed by atoms with van der Waals surface area (Å²) in [6.07, 6.45) is -0.462. The van der Waals surface area contributed by atoms with Crippen molar-refractivity contribution in [3.05, 3.63) is 35.9 Å². The molecule has 0 aliphatic heterocycles. The molecule has 1 aromatic carbocycles. The van der Waals surface area contributed by atoms with Crippen molar-refractivity contribution in [2.24, 2.45) is 0 Å². The van der Waals surface area contributed by atoms with Gasteiger partial charge in [-0.25, -0.2) is 4.79 Å². The van der Waals surface area contributed by atoms with Gasteiger partial charge in [0.2, 0.25) is 0 Å². The van der Waals surface area contributed by atoms with Gasteiger partial charge in [0.05, 0.1) is 0 Å². The highest BCUT2D eigenvalue weighted by molar-refractivity contribution is 5.66. The van der Waals surface area contributed by atoms with E-state index in [1.54, 1.807) is 0 Å². The molecule has 0 spiro atoms. The average molecular weight is 194 g/mol. The largest absolute Gasteiger partial charge is 0.426 e. The van der Waals surface area contributed by atoms with Crippen molar-refractivity contribution in [2.75, 3.05) is 6.54 Å². The minimum atomic E-state index is -0.462. The summed E-state index contributed by atoms with van der Waals surface area (Å²) in [4.78, 5) is 15.6. The van der Waals surface area contributed by atoms with Crippen LogP contribution in [0, 0.1) is 0 Å². The van der Waals surface area contributed by atoms with E-state index < -0.39 is 6.09 Å². The second-order valence-corrected chi connectivity index (χ2v) is 2.73. The molecule has 0 heterocycles. The van der Waals surface area contributed by atoms with E-state index in [0.29, 0.717) is 13.1 Å². The van der Waals surface area contributed by atoms with Gasteiger partial charge in [-0.15, -0.1) is 0 Å².